The highest BCUT2D eigenvalue weighted by molar-refractivity contribution is 8.22. The minimum Gasteiger partial charge on any atom is -0.355 e. The zero-order valence-corrected chi connectivity index (χ0v) is 16.5. The van der Waals surface area contributed by atoms with Gasteiger partial charge in [0.15, 0.2) is 0 Å². The molecule has 1 aliphatic heterocycles. The fourth-order valence-corrected chi connectivity index (χ4v) is 5.14. The van der Waals surface area contributed by atoms with Gasteiger partial charge in [-0.1, -0.05) is 73.1 Å². The summed E-state index contributed by atoms with van der Waals surface area (Å²) >= 11 is 7.63. The molecule has 1 aliphatic carbocycles. The van der Waals surface area contributed by atoms with Crippen molar-refractivity contribution in [1.29, 1.82) is 0 Å². The third kappa shape index (κ3) is 5.47. The van der Waals surface area contributed by atoms with E-state index in [0.717, 1.165) is 43.0 Å². The summed E-state index contributed by atoms with van der Waals surface area (Å²) in [5, 5.41) is 0. The predicted octanol–water partition coefficient (Wildman–Crippen LogP) is 4.71. The van der Waals surface area contributed by atoms with E-state index in [2.05, 4.69) is 41.0 Å². The molecule has 3 rings (SSSR count). The highest BCUT2D eigenvalue weighted by Gasteiger charge is 2.21. The van der Waals surface area contributed by atoms with Crippen LogP contribution in [0.25, 0.3) is 0 Å². The lowest BCUT2D eigenvalue weighted by molar-refractivity contribution is 0.179. The van der Waals surface area contributed by atoms with Crippen molar-refractivity contribution in [2.45, 2.75) is 45.6 Å². The van der Waals surface area contributed by atoms with Gasteiger partial charge in [0.25, 0.3) is 0 Å². The van der Waals surface area contributed by atoms with Crippen LogP contribution in [0.4, 0.5) is 0 Å². The minimum absolute atomic E-state index is 0.907. The number of benzene rings is 1. The monoisotopic (exact) mass is 362 g/mol. The SMILES string of the molecule is Cc1ccc(CN2CCN(C(=S)SCC3CCCCC3)CC2)cc1. The average Bonchev–Trinajstić information content (AvgIpc) is 2.63. The van der Waals surface area contributed by atoms with Crippen molar-refractivity contribution in [3.63, 3.8) is 0 Å². The molecule has 4 heteroatoms. The van der Waals surface area contributed by atoms with Crippen molar-refractivity contribution >= 4 is 28.3 Å². The fraction of sp³-hybridized carbons (Fsp3) is 0.650. The number of thiocarbonyl (C=S) groups is 1. The molecule has 1 aromatic rings. The molecule has 1 saturated heterocycles. The molecule has 2 aliphatic rings. The second-order valence-corrected chi connectivity index (χ2v) is 8.98. The standard InChI is InChI=1S/C20H30N2S2/c1-17-7-9-18(10-8-17)15-21-11-13-22(14-12-21)20(23)24-16-19-5-3-2-4-6-19/h7-10,19H,2-6,11-16H2,1H3. The molecule has 0 radical (unpaired) electrons. The molecule has 0 atom stereocenters. The molecule has 24 heavy (non-hydrogen) atoms. The molecule has 2 fully saturated rings. The maximum absolute atomic E-state index is 5.70. The maximum atomic E-state index is 5.70. The van der Waals surface area contributed by atoms with Gasteiger partial charge in [0, 0.05) is 38.5 Å². The van der Waals surface area contributed by atoms with Gasteiger partial charge in [-0.25, -0.2) is 0 Å². The summed E-state index contributed by atoms with van der Waals surface area (Å²) < 4.78 is 1.13. The van der Waals surface area contributed by atoms with Crippen molar-refractivity contribution < 1.29 is 0 Å². The van der Waals surface area contributed by atoms with E-state index in [9.17, 15) is 0 Å². The van der Waals surface area contributed by atoms with E-state index in [4.69, 9.17) is 12.2 Å². The Labute approximate surface area is 157 Å². The van der Waals surface area contributed by atoms with E-state index < -0.39 is 0 Å². The van der Waals surface area contributed by atoms with Crippen molar-refractivity contribution in [1.82, 2.24) is 9.80 Å². The van der Waals surface area contributed by atoms with E-state index in [1.54, 1.807) is 0 Å². The Morgan fingerprint density at radius 2 is 1.71 bits per heavy atom. The fourth-order valence-electron chi connectivity index (χ4n) is 3.67. The summed E-state index contributed by atoms with van der Waals surface area (Å²) in [6.07, 6.45) is 7.12. The lowest BCUT2D eigenvalue weighted by atomic mass is 9.91. The summed E-state index contributed by atoms with van der Waals surface area (Å²) in [5.41, 5.74) is 2.76. The Kier molecular flexibility index (Phi) is 6.99. The van der Waals surface area contributed by atoms with Crippen LogP contribution in [0.2, 0.25) is 0 Å². The van der Waals surface area contributed by atoms with Crippen molar-refractivity contribution in [3.05, 3.63) is 35.4 Å². The first-order valence-corrected chi connectivity index (χ1v) is 10.8. The first kappa shape index (κ1) is 18.2. The van der Waals surface area contributed by atoms with Gasteiger partial charge >= 0.3 is 0 Å². The normalized spacial score (nSPS) is 20.3. The van der Waals surface area contributed by atoms with Crippen molar-refractivity contribution in [2.24, 2.45) is 5.92 Å². The molecule has 0 bridgehead atoms. The largest absolute Gasteiger partial charge is 0.355 e. The predicted molar refractivity (Wildman–Crippen MR) is 110 cm³/mol. The molecular weight excluding hydrogens is 332 g/mol. The number of aryl methyl sites for hydroxylation is 1. The van der Waals surface area contributed by atoms with Crippen LogP contribution in [-0.2, 0) is 6.54 Å². The second kappa shape index (κ2) is 9.21. The molecule has 132 valence electrons. The van der Waals surface area contributed by atoms with Crippen LogP contribution in [0, 0.1) is 12.8 Å². The Bertz CT molecular complexity index is 515. The first-order valence-electron chi connectivity index (χ1n) is 9.40. The number of hydrogen-bond acceptors (Lipinski definition) is 3. The second-order valence-electron chi connectivity index (χ2n) is 7.33. The summed E-state index contributed by atoms with van der Waals surface area (Å²) in [4.78, 5) is 4.98. The van der Waals surface area contributed by atoms with Crippen molar-refractivity contribution in [3.8, 4) is 0 Å². The van der Waals surface area contributed by atoms with Gasteiger partial charge in [-0.15, -0.1) is 0 Å². The number of nitrogens with zero attached hydrogens (tertiary/aromatic N) is 2. The van der Waals surface area contributed by atoms with Gasteiger partial charge < -0.3 is 4.90 Å². The van der Waals surface area contributed by atoms with Crippen LogP contribution in [0.3, 0.4) is 0 Å². The number of piperazine rings is 1. The lowest BCUT2D eigenvalue weighted by Gasteiger charge is -2.36. The summed E-state index contributed by atoms with van der Waals surface area (Å²) in [6, 6.07) is 8.93. The first-order chi connectivity index (χ1) is 11.7. The molecule has 0 spiro atoms. The van der Waals surface area contributed by atoms with E-state index in [0.29, 0.717) is 0 Å². The van der Waals surface area contributed by atoms with Crippen LogP contribution in [0.5, 0.6) is 0 Å². The minimum atomic E-state index is 0.907. The molecule has 0 unspecified atom stereocenters. The van der Waals surface area contributed by atoms with Gasteiger partial charge in [0.05, 0.1) is 0 Å². The summed E-state index contributed by atoms with van der Waals surface area (Å²) in [5.74, 6) is 2.15. The van der Waals surface area contributed by atoms with Crippen LogP contribution >= 0.6 is 24.0 Å². The molecule has 1 aromatic carbocycles. The third-order valence-electron chi connectivity index (χ3n) is 5.32. The average molecular weight is 363 g/mol. The van der Waals surface area contributed by atoms with Crippen molar-refractivity contribution in [2.75, 3.05) is 31.9 Å². The summed E-state index contributed by atoms with van der Waals surface area (Å²) in [6.45, 7) is 7.63. The highest BCUT2D eigenvalue weighted by Crippen LogP contribution is 2.28. The van der Waals surface area contributed by atoms with Gasteiger partial charge in [-0.3, -0.25) is 4.90 Å². The quantitative estimate of drug-likeness (QED) is 0.715. The molecule has 1 saturated carbocycles. The van der Waals surface area contributed by atoms with Crippen LogP contribution < -0.4 is 0 Å². The number of hydrogen-bond donors (Lipinski definition) is 0. The lowest BCUT2D eigenvalue weighted by Crippen LogP contribution is -2.47. The Balaban J connectivity index is 1.37. The number of thioether (sulfide) groups is 1. The zero-order valence-electron chi connectivity index (χ0n) is 14.9. The van der Waals surface area contributed by atoms with Gasteiger partial charge in [0.1, 0.15) is 4.32 Å². The Morgan fingerprint density at radius 3 is 2.38 bits per heavy atom. The van der Waals surface area contributed by atoms with E-state index in [1.807, 2.05) is 11.8 Å². The van der Waals surface area contributed by atoms with Gasteiger partial charge in [-0.05, 0) is 31.2 Å². The molecule has 0 N–H and O–H groups in total. The Hall–Kier alpha value is -0.580. The third-order valence-corrected chi connectivity index (χ3v) is 7.08. The van der Waals surface area contributed by atoms with Gasteiger partial charge in [-0.2, -0.15) is 0 Å². The summed E-state index contributed by atoms with van der Waals surface area (Å²) in [7, 11) is 0. The van der Waals surface area contributed by atoms with Crippen LogP contribution in [-0.4, -0.2) is 46.1 Å². The topological polar surface area (TPSA) is 6.48 Å². The van der Waals surface area contributed by atoms with Crippen LogP contribution in [0.1, 0.15) is 43.2 Å². The van der Waals surface area contributed by atoms with Crippen LogP contribution in [0.15, 0.2) is 24.3 Å². The van der Waals surface area contributed by atoms with E-state index >= 15 is 0 Å². The highest BCUT2D eigenvalue weighted by atomic mass is 32.2. The maximum Gasteiger partial charge on any atom is 0.136 e. The van der Waals surface area contributed by atoms with E-state index in [1.165, 1.54) is 49.0 Å². The number of rotatable bonds is 4. The molecule has 1 heterocycles. The Morgan fingerprint density at radius 1 is 1.04 bits per heavy atom. The molecule has 0 aromatic heterocycles. The van der Waals surface area contributed by atoms with Gasteiger partial charge in [0.2, 0.25) is 0 Å². The smallest absolute Gasteiger partial charge is 0.136 e. The molecule has 0 amide bonds. The molecular formula is C20H30N2S2. The van der Waals surface area contributed by atoms with E-state index in [-0.39, 0.29) is 0 Å². The zero-order chi connectivity index (χ0) is 16.8. The molecule has 2 nitrogen and oxygen atoms in total.